The summed E-state index contributed by atoms with van der Waals surface area (Å²) in [7, 11) is 1.96. The van der Waals surface area contributed by atoms with E-state index in [0.717, 1.165) is 23.3 Å². The molecule has 0 amide bonds. The van der Waals surface area contributed by atoms with E-state index in [2.05, 4.69) is 45.5 Å². The monoisotopic (exact) mass is 293 g/mol. The first-order chi connectivity index (χ1) is 8.29. The maximum absolute atomic E-state index is 5.58. The molecular formula is C14H16BrNO. The maximum atomic E-state index is 5.58. The van der Waals surface area contributed by atoms with Crippen LogP contribution < -0.4 is 5.32 Å². The minimum atomic E-state index is 0.265. The molecule has 1 N–H and O–H groups in total. The molecule has 1 heterocycles. The van der Waals surface area contributed by atoms with E-state index in [1.807, 2.05) is 25.2 Å². The van der Waals surface area contributed by atoms with Gasteiger partial charge in [0, 0.05) is 0 Å². The van der Waals surface area contributed by atoms with Gasteiger partial charge in [0.1, 0.15) is 5.76 Å². The molecular weight excluding hydrogens is 278 g/mol. The average molecular weight is 294 g/mol. The molecule has 0 saturated heterocycles. The van der Waals surface area contributed by atoms with Crippen LogP contribution in [-0.4, -0.2) is 7.05 Å². The van der Waals surface area contributed by atoms with E-state index in [4.69, 9.17) is 4.42 Å². The summed E-state index contributed by atoms with van der Waals surface area (Å²) in [6.07, 6.45) is 2.07. The minimum absolute atomic E-state index is 0.265. The molecule has 0 radical (unpaired) electrons. The molecule has 90 valence electrons. The summed E-state index contributed by atoms with van der Waals surface area (Å²) in [6, 6.07) is 14.7. The molecule has 2 rings (SSSR count). The predicted octanol–water partition coefficient (Wildman–Crippen LogP) is 3.94. The van der Waals surface area contributed by atoms with E-state index >= 15 is 0 Å². The summed E-state index contributed by atoms with van der Waals surface area (Å²) in [5.74, 6) is 0.982. The van der Waals surface area contributed by atoms with Gasteiger partial charge in [0.25, 0.3) is 0 Å². The Balaban J connectivity index is 1.97. The summed E-state index contributed by atoms with van der Waals surface area (Å²) in [6.45, 7) is 0. The fourth-order valence-electron chi connectivity index (χ4n) is 1.90. The lowest BCUT2D eigenvalue weighted by Gasteiger charge is -2.13. The topological polar surface area (TPSA) is 25.2 Å². The highest BCUT2D eigenvalue weighted by atomic mass is 79.9. The lowest BCUT2D eigenvalue weighted by molar-refractivity contribution is 0.403. The normalized spacial score (nSPS) is 12.6. The van der Waals surface area contributed by atoms with Gasteiger partial charge in [0.05, 0.1) is 6.04 Å². The first kappa shape index (κ1) is 12.4. The van der Waals surface area contributed by atoms with Crippen LogP contribution in [0.5, 0.6) is 0 Å². The quantitative estimate of drug-likeness (QED) is 0.903. The van der Waals surface area contributed by atoms with Crippen molar-refractivity contribution in [2.45, 2.75) is 18.9 Å². The van der Waals surface area contributed by atoms with Crippen LogP contribution in [0, 0.1) is 0 Å². The summed E-state index contributed by atoms with van der Waals surface area (Å²) < 4.78 is 6.36. The number of halogens is 1. The molecule has 2 aromatic rings. The van der Waals surface area contributed by atoms with Gasteiger partial charge in [0.15, 0.2) is 4.67 Å². The third kappa shape index (κ3) is 3.45. The molecule has 1 aromatic carbocycles. The molecule has 0 aliphatic rings. The molecule has 1 aromatic heterocycles. The Morgan fingerprint density at radius 1 is 1.18 bits per heavy atom. The van der Waals surface area contributed by atoms with Crippen molar-refractivity contribution in [1.82, 2.24) is 5.32 Å². The SMILES string of the molecule is CNC(CCc1ccccc1)c1ccc(Br)o1. The summed E-state index contributed by atoms with van der Waals surface area (Å²) >= 11 is 3.33. The molecule has 0 bridgehead atoms. The first-order valence-electron chi connectivity index (χ1n) is 5.76. The number of nitrogens with one attached hydrogen (secondary N) is 1. The Hall–Kier alpha value is -1.06. The van der Waals surface area contributed by atoms with Gasteiger partial charge in [0.2, 0.25) is 0 Å². The lowest BCUT2D eigenvalue weighted by atomic mass is 10.0. The molecule has 0 spiro atoms. The van der Waals surface area contributed by atoms with E-state index in [-0.39, 0.29) is 6.04 Å². The minimum Gasteiger partial charge on any atom is -0.453 e. The van der Waals surface area contributed by atoms with Gasteiger partial charge in [-0.3, -0.25) is 0 Å². The van der Waals surface area contributed by atoms with Gasteiger partial charge in [-0.1, -0.05) is 30.3 Å². The van der Waals surface area contributed by atoms with Crippen LogP contribution >= 0.6 is 15.9 Å². The van der Waals surface area contributed by atoms with Gasteiger partial charge < -0.3 is 9.73 Å². The van der Waals surface area contributed by atoms with Crippen molar-refractivity contribution in [3.8, 4) is 0 Å². The summed E-state index contributed by atoms with van der Waals surface area (Å²) in [5, 5.41) is 3.29. The van der Waals surface area contributed by atoms with Crippen LogP contribution in [0.2, 0.25) is 0 Å². The van der Waals surface area contributed by atoms with Gasteiger partial charge >= 0.3 is 0 Å². The molecule has 3 heteroatoms. The van der Waals surface area contributed by atoms with Crippen LogP contribution in [0.1, 0.15) is 23.8 Å². The number of hydrogen-bond acceptors (Lipinski definition) is 2. The van der Waals surface area contributed by atoms with Crippen molar-refractivity contribution < 1.29 is 4.42 Å². The second-order valence-electron chi connectivity index (χ2n) is 4.01. The van der Waals surface area contributed by atoms with Gasteiger partial charge in [-0.2, -0.15) is 0 Å². The van der Waals surface area contributed by atoms with E-state index < -0.39 is 0 Å². The standard InChI is InChI=1S/C14H16BrNO/c1-16-12(13-9-10-14(15)17-13)8-7-11-5-3-2-4-6-11/h2-6,9-10,12,16H,7-8H2,1H3. The first-order valence-corrected chi connectivity index (χ1v) is 6.55. The Labute approximate surface area is 110 Å². The van der Waals surface area contributed by atoms with Crippen LogP contribution in [0.3, 0.4) is 0 Å². The van der Waals surface area contributed by atoms with Crippen molar-refractivity contribution in [1.29, 1.82) is 0 Å². The maximum Gasteiger partial charge on any atom is 0.169 e. The van der Waals surface area contributed by atoms with Crippen LogP contribution in [0.4, 0.5) is 0 Å². The number of furan rings is 1. The fourth-order valence-corrected chi connectivity index (χ4v) is 2.22. The molecule has 1 unspecified atom stereocenters. The highest BCUT2D eigenvalue weighted by molar-refractivity contribution is 9.10. The van der Waals surface area contributed by atoms with Crippen molar-refractivity contribution in [3.63, 3.8) is 0 Å². The third-order valence-electron chi connectivity index (χ3n) is 2.85. The smallest absolute Gasteiger partial charge is 0.169 e. The summed E-state index contributed by atoms with van der Waals surface area (Å²) in [5.41, 5.74) is 1.36. The largest absolute Gasteiger partial charge is 0.453 e. The highest BCUT2D eigenvalue weighted by Gasteiger charge is 2.12. The molecule has 17 heavy (non-hydrogen) atoms. The second kappa shape index (κ2) is 6.03. The zero-order valence-corrected chi connectivity index (χ0v) is 11.4. The number of hydrogen-bond donors (Lipinski definition) is 1. The van der Waals surface area contributed by atoms with E-state index in [9.17, 15) is 0 Å². The third-order valence-corrected chi connectivity index (χ3v) is 3.28. The van der Waals surface area contributed by atoms with Crippen LogP contribution in [0.15, 0.2) is 51.6 Å². The van der Waals surface area contributed by atoms with Crippen molar-refractivity contribution in [2.75, 3.05) is 7.05 Å². The Kier molecular flexibility index (Phi) is 4.40. The van der Waals surface area contributed by atoms with E-state index in [0.29, 0.717) is 0 Å². The van der Waals surface area contributed by atoms with Crippen molar-refractivity contribution in [2.24, 2.45) is 0 Å². The number of aryl methyl sites for hydroxylation is 1. The second-order valence-corrected chi connectivity index (χ2v) is 4.79. The van der Waals surface area contributed by atoms with Crippen molar-refractivity contribution >= 4 is 15.9 Å². The van der Waals surface area contributed by atoms with Gasteiger partial charge in [-0.05, 0) is 53.5 Å². The average Bonchev–Trinajstić information content (AvgIpc) is 2.78. The molecule has 0 aliphatic heterocycles. The Morgan fingerprint density at radius 2 is 1.94 bits per heavy atom. The van der Waals surface area contributed by atoms with Crippen LogP contribution in [0.25, 0.3) is 0 Å². The lowest BCUT2D eigenvalue weighted by Crippen LogP contribution is -2.16. The van der Waals surface area contributed by atoms with Gasteiger partial charge in [-0.25, -0.2) is 0 Å². The van der Waals surface area contributed by atoms with Crippen LogP contribution in [-0.2, 0) is 6.42 Å². The molecule has 0 saturated carbocycles. The highest BCUT2D eigenvalue weighted by Crippen LogP contribution is 2.23. The number of benzene rings is 1. The zero-order chi connectivity index (χ0) is 12.1. The Bertz CT molecular complexity index is 452. The predicted molar refractivity (Wildman–Crippen MR) is 73.0 cm³/mol. The molecule has 1 atom stereocenters. The number of rotatable bonds is 5. The van der Waals surface area contributed by atoms with E-state index in [1.165, 1.54) is 5.56 Å². The molecule has 0 aliphatic carbocycles. The van der Waals surface area contributed by atoms with Crippen molar-refractivity contribution in [3.05, 3.63) is 58.5 Å². The molecule has 0 fully saturated rings. The van der Waals surface area contributed by atoms with Gasteiger partial charge in [-0.15, -0.1) is 0 Å². The molecule has 2 nitrogen and oxygen atoms in total. The zero-order valence-electron chi connectivity index (χ0n) is 9.82. The fraction of sp³-hybridized carbons (Fsp3) is 0.286. The van der Waals surface area contributed by atoms with E-state index in [1.54, 1.807) is 0 Å². The Morgan fingerprint density at radius 3 is 2.53 bits per heavy atom. The summed E-state index contributed by atoms with van der Waals surface area (Å²) in [4.78, 5) is 0.